The maximum atomic E-state index is 3.37. The largest absolute Gasteiger partial charge is 0.306 e. The van der Waals surface area contributed by atoms with E-state index in [0.717, 1.165) is 24.9 Å². The molecular weight excluding hydrogens is 170 g/mol. The third-order valence-corrected chi connectivity index (χ3v) is 3.25. The summed E-state index contributed by atoms with van der Waals surface area (Å²) in [6.45, 7) is 6.28. The van der Waals surface area contributed by atoms with Crippen molar-refractivity contribution in [2.24, 2.45) is 11.8 Å². The number of hydrogen-bond acceptors (Lipinski definition) is 1. The van der Waals surface area contributed by atoms with Gasteiger partial charge in [0.25, 0.3) is 0 Å². The maximum absolute atomic E-state index is 3.37. The van der Waals surface area contributed by atoms with Crippen LogP contribution in [0, 0.1) is 23.7 Å². The lowest BCUT2D eigenvalue weighted by Crippen LogP contribution is -2.21. The first-order valence-corrected chi connectivity index (χ1v) is 5.93. The summed E-state index contributed by atoms with van der Waals surface area (Å²) >= 11 is 0. The molecule has 0 aromatic rings. The van der Waals surface area contributed by atoms with Crippen LogP contribution in [0.2, 0.25) is 0 Å². The lowest BCUT2D eigenvalue weighted by atomic mass is 9.81. The Morgan fingerprint density at radius 2 is 1.93 bits per heavy atom. The van der Waals surface area contributed by atoms with E-state index < -0.39 is 0 Å². The topological polar surface area (TPSA) is 12.0 Å². The normalized spacial score (nSPS) is 26.7. The Bertz CT molecular complexity index is 191. The molecule has 0 atom stereocenters. The van der Waals surface area contributed by atoms with Crippen molar-refractivity contribution < 1.29 is 0 Å². The summed E-state index contributed by atoms with van der Waals surface area (Å²) in [5, 5.41) is 3.37. The zero-order valence-electron chi connectivity index (χ0n) is 9.60. The molecule has 0 unspecified atom stereocenters. The average Bonchev–Trinajstić information content (AvgIpc) is 2.21. The van der Waals surface area contributed by atoms with Gasteiger partial charge in [-0.3, -0.25) is 0 Å². The van der Waals surface area contributed by atoms with E-state index in [-0.39, 0.29) is 0 Å². The first kappa shape index (κ1) is 11.6. The second-order valence-electron chi connectivity index (χ2n) is 4.52. The van der Waals surface area contributed by atoms with Gasteiger partial charge in [0.1, 0.15) is 0 Å². The molecule has 0 aliphatic heterocycles. The van der Waals surface area contributed by atoms with Crippen LogP contribution >= 0.6 is 0 Å². The van der Waals surface area contributed by atoms with Gasteiger partial charge in [0.2, 0.25) is 0 Å². The molecule has 1 aliphatic carbocycles. The lowest BCUT2D eigenvalue weighted by molar-refractivity contribution is 0.276. The van der Waals surface area contributed by atoms with E-state index in [9.17, 15) is 0 Å². The minimum atomic E-state index is 0.861. The molecule has 14 heavy (non-hydrogen) atoms. The van der Waals surface area contributed by atoms with Crippen molar-refractivity contribution in [3.63, 3.8) is 0 Å². The summed E-state index contributed by atoms with van der Waals surface area (Å²) < 4.78 is 0. The van der Waals surface area contributed by atoms with Crippen molar-refractivity contribution in [1.82, 2.24) is 5.32 Å². The van der Waals surface area contributed by atoms with Crippen molar-refractivity contribution >= 4 is 0 Å². The molecule has 0 radical (unpaired) electrons. The van der Waals surface area contributed by atoms with Gasteiger partial charge in [0.15, 0.2) is 0 Å². The van der Waals surface area contributed by atoms with Gasteiger partial charge in [-0.2, -0.15) is 0 Å². The van der Waals surface area contributed by atoms with E-state index in [2.05, 4.69) is 24.1 Å². The van der Waals surface area contributed by atoms with Crippen LogP contribution in [-0.2, 0) is 0 Å². The minimum absolute atomic E-state index is 0.861. The van der Waals surface area contributed by atoms with Crippen LogP contribution in [-0.4, -0.2) is 13.1 Å². The van der Waals surface area contributed by atoms with Gasteiger partial charge in [0, 0.05) is 0 Å². The Labute approximate surface area is 88.7 Å². The van der Waals surface area contributed by atoms with Gasteiger partial charge in [-0.05, 0) is 31.7 Å². The van der Waals surface area contributed by atoms with E-state index in [1.165, 1.54) is 32.1 Å². The van der Waals surface area contributed by atoms with E-state index in [4.69, 9.17) is 0 Å². The molecule has 0 spiro atoms. The molecule has 0 heterocycles. The quantitative estimate of drug-likeness (QED) is 0.535. The molecule has 0 aromatic carbocycles. The van der Waals surface area contributed by atoms with Crippen molar-refractivity contribution in [3.05, 3.63) is 0 Å². The van der Waals surface area contributed by atoms with Crippen molar-refractivity contribution in [1.29, 1.82) is 0 Å². The highest BCUT2D eigenvalue weighted by molar-refractivity contribution is 4.96. The van der Waals surface area contributed by atoms with E-state index >= 15 is 0 Å². The summed E-state index contributed by atoms with van der Waals surface area (Å²) in [6, 6.07) is 0. The van der Waals surface area contributed by atoms with Gasteiger partial charge in [-0.1, -0.05) is 38.5 Å². The third-order valence-electron chi connectivity index (χ3n) is 3.25. The monoisotopic (exact) mass is 193 g/mol. The Hall–Kier alpha value is -0.480. The fourth-order valence-corrected chi connectivity index (χ4v) is 2.16. The Morgan fingerprint density at radius 1 is 1.21 bits per heavy atom. The number of rotatable bonds is 4. The number of nitrogens with one attached hydrogen (secondary N) is 1. The van der Waals surface area contributed by atoms with Gasteiger partial charge < -0.3 is 5.32 Å². The molecule has 1 fully saturated rings. The maximum Gasteiger partial charge on any atom is 0.0576 e. The first-order chi connectivity index (χ1) is 6.83. The molecule has 1 nitrogen and oxygen atoms in total. The van der Waals surface area contributed by atoms with Gasteiger partial charge >= 0.3 is 0 Å². The molecule has 0 bridgehead atoms. The third kappa shape index (κ3) is 4.67. The van der Waals surface area contributed by atoms with Crippen LogP contribution in [0.15, 0.2) is 0 Å². The lowest BCUT2D eigenvalue weighted by Gasteiger charge is -2.25. The summed E-state index contributed by atoms with van der Waals surface area (Å²) in [7, 11) is 0. The second-order valence-corrected chi connectivity index (χ2v) is 4.52. The summed E-state index contributed by atoms with van der Waals surface area (Å²) in [6.07, 6.45) is 7.13. The molecule has 0 amide bonds. The summed E-state index contributed by atoms with van der Waals surface area (Å²) in [5.41, 5.74) is 0. The zero-order chi connectivity index (χ0) is 10.2. The smallest absolute Gasteiger partial charge is 0.0576 e. The van der Waals surface area contributed by atoms with Crippen molar-refractivity contribution in [2.45, 2.75) is 46.0 Å². The molecule has 1 rings (SSSR count). The first-order valence-electron chi connectivity index (χ1n) is 5.93. The van der Waals surface area contributed by atoms with Crippen LogP contribution in [0.1, 0.15) is 46.0 Å². The van der Waals surface area contributed by atoms with Crippen LogP contribution in [0.5, 0.6) is 0 Å². The predicted molar refractivity (Wildman–Crippen MR) is 62.1 cm³/mol. The average molecular weight is 193 g/mol. The highest BCUT2D eigenvalue weighted by Gasteiger charge is 2.17. The molecule has 0 aromatic heterocycles. The van der Waals surface area contributed by atoms with Crippen LogP contribution in [0.3, 0.4) is 0 Å². The van der Waals surface area contributed by atoms with Crippen LogP contribution < -0.4 is 5.32 Å². The minimum Gasteiger partial charge on any atom is -0.306 e. The summed E-state index contributed by atoms with van der Waals surface area (Å²) in [4.78, 5) is 0. The van der Waals surface area contributed by atoms with Crippen molar-refractivity contribution in [2.75, 3.05) is 13.1 Å². The second kappa shape index (κ2) is 6.90. The van der Waals surface area contributed by atoms with Gasteiger partial charge in [-0.25, -0.2) is 0 Å². The van der Waals surface area contributed by atoms with Crippen LogP contribution in [0.25, 0.3) is 0 Å². The van der Waals surface area contributed by atoms with Gasteiger partial charge in [0.05, 0.1) is 6.54 Å². The molecule has 1 aliphatic rings. The van der Waals surface area contributed by atoms with Crippen LogP contribution in [0.4, 0.5) is 0 Å². The Balaban J connectivity index is 1.98. The highest BCUT2D eigenvalue weighted by Crippen LogP contribution is 2.29. The highest BCUT2D eigenvalue weighted by atomic mass is 14.8. The molecular formula is C13H23N. The zero-order valence-corrected chi connectivity index (χ0v) is 9.60. The van der Waals surface area contributed by atoms with E-state index in [1.807, 2.05) is 6.92 Å². The predicted octanol–water partition coefficient (Wildman–Crippen LogP) is 2.82. The Kier molecular flexibility index (Phi) is 5.71. The molecule has 0 saturated heterocycles. The molecule has 1 saturated carbocycles. The standard InChI is InChI=1S/C13H23N/c1-3-4-10-14-11-9-13-7-5-12(2)6-8-13/h12-14H,5-11H2,1-2H3. The van der Waals surface area contributed by atoms with E-state index in [0.29, 0.717) is 0 Å². The van der Waals surface area contributed by atoms with E-state index in [1.54, 1.807) is 0 Å². The van der Waals surface area contributed by atoms with Crippen molar-refractivity contribution in [3.8, 4) is 11.8 Å². The molecule has 1 heteroatoms. The SMILES string of the molecule is CC#CCNCCC1CCC(C)CC1. The molecule has 1 N–H and O–H groups in total. The molecule has 80 valence electrons. The summed E-state index contributed by atoms with van der Waals surface area (Å²) in [5.74, 6) is 7.89. The van der Waals surface area contributed by atoms with Gasteiger partial charge in [-0.15, -0.1) is 5.92 Å². The fraction of sp³-hybridized carbons (Fsp3) is 0.846. The Morgan fingerprint density at radius 3 is 2.57 bits per heavy atom. The fourth-order valence-electron chi connectivity index (χ4n) is 2.16. The number of hydrogen-bond donors (Lipinski definition) is 1.